The van der Waals surface area contributed by atoms with Crippen LogP contribution in [0.4, 0.5) is 5.69 Å². The molecule has 32 heavy (non-hydrogen) atoms. The highest BCUT2D eigenvalue weighted by molar-refractivity contribution is 7.99. The summed E-state index contributed by atoms with van der Waals surface area (Å²) in [4.78, 5) is 14.9. The van der Waals surface area contributed by atoms with Crippen molar-refractivity contribution in [1.29, 1.82) is 0 Å². The quantitative estimate of drug-likeness (QED) is 0.413. The molecule has 0 aliphatic carbocycles. The van der Waals surface area contributed by atoms with Crippen molar-refractivity contribution in [1.82, 2.24) is 19.8 Å². The van der Waals surface area contributed by atoms with Gasteiger partial charge in [0.05, 0.1) is 12.4 Å². The van der Waals surface area contributed by atoms with Gasteiger partial charge in [0.15, 0.2) is 11.5 Å². The number of benzene rings is 2. The standard InChI is InChI=1S/C24H23N5O2S/c1-2-31-19-11-9-18(10-12-19)24-26-25-21-13-14-22(27-29(21)24)32-16-23(30)28-15-5-7-17-6-3-4-8-20(17)28/h3-4,6,8-14H,2,5,7,15-16H2,1H3. The van der Waals surface area contributed by atoms with Crippen molar-refractivity contribution in [3.05, 3.63) is 66.2 Å². The molecule has 0 N–H and O–H groups in total. The Morgan fingerprint density at radius 2 is 1.91 bits per heavy atom. The number of hydrogen-bond donors (Lipinski definition) is 0. The van der Waals surface area contributed by atoms with Crippen molar-refractivity contribution in [2.75, 3.05) is 23.8 Å². The Hall–Kier alpha value is -3.39. The number of thioether (sulfide) groups is 1. The Morgan fingerprint density at radius 1 is 1.06 bits per heavy atom. The molecule has 0 fully saturated rings. The molecule has 7 nitrogen and oxygen atoms in total. The van der Waals surface area contributed by atoms with Gasteiger partial charge in [0.25, 0.3) is 0 Å². The van der Waals surface area contributed by atoms with Gasteiger partial charge in [-0.1, -0.05) is 30.0 Å². The number of aryl methyl sites for hydroxylation is 1. The number of ether oxygens (including phenoxy) is 1. The zero-order valence-electron chi connectivity index (χ0n) is 17.8. The molecule has 0 saturated carbocycles. The molecule has 162 valence electrons. The van der Waals surface area contributed by atoms with Crippen LogP contribution in [0.2, 0.25) is 0 Å². The van der Waals surface area contributed by atoms with E-state index in [0.717, 1.165) is 41.4 Å². The van der Waals surface area contributed by atoms with Gasteiger partial charge in [-0.3, -0.25) is 4.79 Å². The fraction of sp³-hybridized carbons (Fsp3) is 0.250. The highest BCUT2D eigenvalue weighted by Gasteiger charge is 2.22. The summed E-state index contributed by atoms with van der Waals surface area (Å²) >= 11 is 1.43. The topological polar surface area (TPSA) is 72.6 Å². The molecule has 5 rings (SSSR count). The van der Waals surface area contributed by atoms with E-state index in [0.29, 0.717) is 23.8 Å². The van der Waals surface area contributed by atoms with Gasteiger partial charge in [-0.15, -0.1) is 10.2 Å². The average molecular weight is 446 g/mol. The van der Waals surface area contributed by atoms with E-state index in [4.69, 9.17) is 4.74 Å². The number of rotatable bonds is 6. The molecular formula is C24H23N5O2S. The molecule has 3 heterocycles. The third-order valence-corrected chi connectivity index (χ3v) is 6.32. The number of para-hydroxylation sites is 1. The van der Waals surface area contributed by atoms with Crippen LogP contribution in [0.5, 0.6) is 5.75 Å². The Balaban J connectivity index is 1.33. The molecular weight excluding hydrogens is 422 g/mol. The lowest BCUT2D eigenvalue weighted by atomic mass is 10.0. The number of amides is 1. The summed E-state index contributed by atoms with van der Waals surface area (Å²) in [5, 5.41) is 14.0. The third kappa shape index (κ3) is 4.05. The first-order valence-corrected chi connectivity index (χ1v) is 11.7. The van der Waals surface area contributed by atoms with Gasteiger partial charge in [0, 0.05) is 17.8 Å². The van der Waals surface area contributed by atoms with Gasteiger partial charge in [0.2, 0.25) is 5.91 Å². The highest BCUT2D eigenvalue weighted by atomic mass is 32.2. The maximum Gasteiger partial charge on any atom is 0.237 e. The van der Waals surface area contributed by atoms with Crippen molar-refractivity contribution >= 4 is 29.0 Å². The van der Waals surface area contributed by atoms with E-state index in [1.54, 1.807) is 4.52 Å². The lowest BCUT2D eigenvalue weighted by molar-refractivity contribution is -0.116. The summed E-state index contributed by atoms with van der Waals surface area (Å²) in [6.07, 6.45) is 2.01. The molecule has 2 aromatic heterocycles. The van der Waals surface area contributed by atoms with Crippen LogP contribution in [0.1, 0.15) is 18.9 Å². The molecule has 4 aromatic rings. The van der Waals surface area contributed by atoms with Crippen LogP contribution in [-0.4, -0.2) is 44.6 Å². The van der Waals surface area contributed by atoms with Crippen molar-refractivity contribution in [2.24, 2.45) is 0 Å². The van der Waals surface area contributed by atoms with E-state index in [9.17, 15) is 4.79 Å². The zero-order valence-corrected chi connectivity index (χ0v) is 18.6. The van der Waals surface area contributed by atoms with Crippen LogP contribution >= 0.6 is 11.8 Å². The van der Waals surface area contributed by atoms with Crippen LogP contribution < -0.4 is 9.64 Å². The molecule has 0 unspecified atom stereocenters. The fourth-order valence-electron chi connectivity index (χ4n) is 3.90. The number of carbonyl (C=O) groups excluding carboxylic acids is 1. The van der Waals surface area contributed by atoms with E-state index in [2.05, 4.69) is 21.4 Å². The van der Waals surface area contributed by atoms with E-state index >= 15 is 0 Å². The van der Waals surface area contributed by atoms with Gasteiger partial charge < -0.3 is 9.64 Å². The second-order valence-electron chi connectivity index (χ2n) is 7.49. The minimum absolute atomic E-state index is 0.0968. The smallest absolute Gasteiger partial charge is 0.237 e. The minimum Gasteiger partial charge on any atom is -0.494 e. The summed E-state index contributed by atoms with van der Waals surface area (Å²) in [7, 11) is 0. The second kappa shape index (κ2) is 9.00. The van der Waals surface area contributed by atoms with Gasteiger partial charge in [0.1, 0.15) is 10.8 Å². The number of nitrogens with zero attached hydrogens (tertiary/aromatic N) is 5. The number of hydrogen-bond acceptors (Lipinski definition) is 6. The normalized spacial score (nSPS) is 13.2. The number of anilines is 1. The van der Waals surface area contributed by atoms with Crippen LogP contribution in [0.25, 0.3) is 17.0 Å². The van der Waals surface area contributed by atoms with Crippen molar-refractivity contribution in [2.45, 2.75) is 24.8 Å². The third-order valence-electron chi connectivity index (χ3n) is 5.42. The number of fused-ring (bicyclic) bond motifs is 2. The van der Waals surface area contributed by atoms with Gasteiger partial charge in [-0.05, 0) is 67.8 Å². The van der Waals surface area contributed by atoms with Crippen LogP contribution in [0.15, 0.2) is 65.7 Å². The predicted octanol–water partition coefficient (Wildman–Crippen LogP) is 4.26. The minimum atomic E-state index is 0.0968. The van der Waals surface area contributed by atoms with Gasteiger partial charge >= 0.3 is 0 Å². The molecule has 0 atom stereocenters. The first-order valence-electron chi connectivity index (χ1n) is 10.7. The summed E-state index contributed by atoms with van der Waals surface area (Å²) in [6, 6.07) is 19.6. The van der Waals surface area contributed by atoms with Crippen LogP contribution in [-0.2, 0) is 11.2 Å². The van der Waals surface area contributed by atoms with E-state index in [1.165, 1.54) is 17.3 Å². The lowest BCUT2D eigenvalue weighted by Crippen LogP contribution is -2.36. The van der Waals surface area contributed by atoms with E-state index < -0.39 is 0 Å². The predicted molar refractivity (Wildman–Crippen MR) is 125 cm³/mol. The zero-order chi connectivity index (χ0) is 21.9. The van der Waals surface area contributed by atoms with Crippen molar-refractivity contribution in [3.63, 3.8) is 0 Å². The van der Waals surface area contributed by atoms with Crippen molar-refractivity contribution < 1.29 is 9.53 Å². The van der Waals surface area contributed by atoms with Crippen LogP contribution in [0, 0.1) is 0 Å². The molecule has 0 spiro atoms. The Morgan fingerprint density at radius 3 is 2.75 bits per heavy atom. The van der Waals surface area contributed by atoms with E-state index in [-0.39, 0.29) is 5.91 Å². The monoisotopic (exact) mass is 445 g/mol. The number of aromatic nitrogens is 4. The molecule has 2 aromatic carbocycles. The van der Waals surface area contributed by atoms with Crippen molar-refractivity contribution in [3.8, 4) is 17.1 Å². The highest BCUT2D eigenvalue weighted by Crippen LogP contribution is 2.28. The number of carbonyl (C=O) groups is 1. The summed E-state index contributed by atoms with van der Waals surface area (Å²) in [5.74, 6) is 1.89. The molecule has 0 radical (unpaired) electrons. The largest absolute Gasteiger partial charge is 0.494 e. The van der Waals surface area contributed by atoms with Gasteiger partial charge in [-0.25, -0.2) is 0 Å². The molecule has 8 heteroatoms. The molecule has 0 saturated heterocycles. The average Bonchev–Trinajstić information content (AvgIpc) is 3.26. The lowest BCUT2D eigenvalue weighted by Gasteiger charge is -2.29. The first kappa shape index (κ1) is 20.5. The van der Waals surface area contributed by atoms with Crippen LogP contribution in [0.3, 0.4) is 0 Å². The SMILES string of the molecule is CCOc1ccc(-c2nnc3ccc(SCC(=O)N4CCCc5ccccc54)nn23)cc1. The maximum atomic E-state index is 13.0. The molecule has 1 aliphatic heterocycles. The first-order chi connectivity index (χ1) is 15.7. The molecule has 0 bridgehead atoms. The Labute approximate surface area is 190 Å². The Bertz CT molecular complexity index is 1250. The fourth-order valence-corrected chi connectivity index (χ4v) is 4.63. The summed E-state index contributed by atoms with van der Waals surface area (Å²) in [6.45, 7) is 3.34. The summed E-state index contributed by atoms with van der Waals surface area (Å²) in [5.41, 5.74) is 3.83. The Kier molecular flexibility index (Phi) is 5.77. The maximum absolute atomic E-state index is 13.0. The van der Waals surface area contributed by atoms with Gasteiger partial charge in [-0.2, -0.15) is 9.61 Å². The van der Waals surface area contributed by atoms with E-state index in [1.807, 2.05) is 66.4 Å². The molecule has 1 amide bonds. The second-order valence-corrected chi connectivity index (χ2v) is 8.48. The summed E-state index contributed by atoms with van der Waals surface area (Å²) < 4.78 is 7.23. The molecule has 1 aliphatic rings.